The monoisotopic (exact) mass is 632 g/mol. The highest BCUT2D eigenvalue weighted by molar-refractivity contribution is 7.81. The molecule has 17 nitrogen and oxygen atoms in total. The summed E-state index contributed by atoms with van der Waals surface area (Å²) >= 11 is 0. The van der Waals surface area contributed by atoms with Gasteiger partial charge >= 0.3 is 34.3 Å². The third kappa shape index (κ3) is 7.66. The van der Waals surface area contributed by atoms with Gasteiger partial charge in [-0.3, -0.25) is 9.59 Å². The second-order valence-electron chi connectivity index (χ2n) is 11.1. The molecule has 2 bridgehead atoms. The van der Waals surface area contributed by atoms with Crippen LogP contribution in [0.1, 0.15) is 58.0 Å². The number of hydrogen-bond acceptors (Lipinski definition) is 13. The molecule has 3 saturated heterocycles. The van der Waals surface area contributed by atoms with E-state index in [-0.39, 0.29) is 43.7 Å². The van der Waals surface area contributed by atoms with Gasteiger partial charge in [0.1, 0.15) is 6.04 Å². The molecular weight excluding hydrogens is 596 g/mol. The fraction of sp³-hybridized carbons (Fsp3) is 0.720. The minimum Gasteiger partial charge on any atom is -0.466 e. The van der Waals surface area contributed by atoms with E-state index in [9.17, 15) is 32.4 Å². The number of nitrogens with one attached hydrogen (secondary N) is 1. The van der Waals surface area contributed by atoms with E-state index in [0.717, 1.165) is 0 Å². The molecule has 0 unspecified atom stereocenters. The van der Waals surface area contributed by atoms with Crippen LogP contribution in [0.3, 0.4) is 0 Å². The summed E-state index contributed by atoms with van der Waals surface area (Å²) in [5.74, 6) is -1.57. The average Bonchev–Trinajstić information content (AvgIpc) is 3.40. The first kappa shape index (κ1) is 32.3. The number of nitrogens with zero attached hydrogens (tertiary/aromatic N) is 3. The topological polar surface area (TPSA) is 204 Å². The molecule has 4 heterocycles. The fourth-order valence-corrected chi connectivity index (χ4v) is 5.82. The lowest BCUT2D eigenvalue weighted by atomic mass is 9.95. The molecule has 4 amide bonds. The first-order chi connectivity index (χ1) is 20.2. The molecule has 0 saturated carbocycles. The van der Waals surface area contributed by atoms with Crippen molar-refractivity contribution in [1.29, 1.82) is 0 Å². The molecule has 3 fully saturated rings. The number of aryl methyl sites for hydroxylation is 1. The van der Waals surface area contributed by atoms with Gasteiger partial charge in [0.15, 0.2) is 18.1 Å². The lowest BCUT2D eigenvalue weighted by Gasteiger charge is -2.34. The van der Waals surface area contributed by atoms with Crippen molar-refractivity contribution < 1.29 is 54.4 Å². The Labute approximate surface area is 247 Å². The van der Waals surface area contributed by atoms with Crippen LogP contribution in [0.15, 0.2) is 13.6 Å². The van der Waals surface area contributed by atoms with Gasteiger partial charge in [0.2, 0.25) is 5.91 Å². The molecule has 1 N–H and O–H groups in total. The Hall–Kier alpha value is -3.64. The standard InChI is InChI=1S/C25H36N4O13S/c1-5-37-21(31)25(3,4)14-39-43(35,36)42-29-17-6-7-18(28(12-17)22(29)32)20(30)26-16-8-10-27(11-9-16)23(33)38-13-19-15(2)40-24(34)41-19/h16-18H,5-14H2,1-4H3,(H,26,30)/t17-,18+/m1/s1. The maximum atomic E-state index is 13.1. The molecule has 240 valence electrons. The molecule has 18 heteroatoms. The Morgan fingerprint density at radius 2 is 1.74 bits per heavy atom. The largest absolute Gasteiger partial charge is 0.519 e. The molecule has 3 aliphatic rings. The summed E-state index contributed by atoms with van der Waals surface area (Å²) in [5.41, 5.74) is -1.28. The quantitative estimate of drug-likeness (QED) is 0.336. The van der Waals surface area contributed by atoms with Gasteiger partial charge in [0.25, 0.3) is 0 Å². The normalized spacial score (nSPS) is 21.2. The molecule has 0 aromatic carbocycles. The Balaban J connectivity index is 1.24. The summed E-state index contributed by atoms with van der Waals surface area (Å²) in [6.07, 6.45) is 0.879. The highest BCUT2D eigenvalue weighted by Gasteiger charge is 2.50. The number of urea groups is 1. The van der Waals surface area contributed by atoms with Gasteiger partial charge in [-0.2, -0.15) is 13.5 Å². The number of rotatable bonds is 11. The van der Waals surface area contributed by atoms with E-state index in [0.29, 0.717) is 37.4 Å². The van der Waals surface area contributed by atoms with Crippen molar-refractivity contribution in [2.45, 2.75) is 78.1 Å². The van der Waals surface area contributed by atoms with Crippen molar-refractivity contribution >= 4 is 34.4 Å². The maximum Gasteiger partial charge on any atom is 0.519 e. The number of hydroxylamine groups is 2. The smallest absolute Gasteiger partial charge is 0.466 e. The number of esters is 1. The van der Waals surface area contributed by atoms with Gasteiger partial charge in [-0.05, 0) is 53.4 Å². The van der Waals surface area contributed by atoms with Crippen molar-refractivity contribution in [2.75, 3.05) is 32.8 Å². The van der Waals surface area contributed by atoms with Crippen LogP contribution in [0.5, 0.6) is 0 Å². The minimum atomic E-state index is -4.71. The molecule has 2 atom stereocenters. The number of piperidine rings is 2. The Kier molecular flexibility index (Phi) is 9.70. The minimum absolute atomic E-state index is 0.0846. The third-order valence-corrected chi connectivity index (χ3v) is 8.20. The predicted molar refractivity (Wildman–Crippen MR) is 142 cm³/mol. The van der Waals surface area contributed by atoms with E-state index in [4.69, 9.17) is 26.8 Å². The van der Waals surface area contributed by atoms with E-state index in [1.54, 1.807) is 6.92 Å². The highest BCUT2D eigenvalue weighted by atomic mass is 32.3. The van der Waals surface area contributed by atoms with Crippen LogP contribution >= 0.6 is 0 Å². The Morgan fingerprint density at radius 3 is 2.37 bits per heavy atom. The second kappa shape index (κ2) is 12.9. The van der Waals surface area contributed by atoms with E-state index >= 15 is 0 Å². The van der Waals surface area contributed by atoms with Crippen LogP contribution in [0.4, 0.5) is 9.59 Å². The van der Waals surface area contributed by atoms with Crippen molar-refractivity contribution in [2.24, 2.45) is 5.41 Å². The number of carbonyl (C=O) groups excluding carboxylic acids is 4. The van der Waals surface area contributed by atoms with Crippen molar-refractivity contribution in [3.8, 4) is 0 Å². The zero-order chi connectivity index (χ0) is 31.5. The molecule has 3 aliphatic heterocycles. The molecule has 43 heavy (non-hydrogen) atoms. The molecule has 1 aromatic heterocycles. The number of amides is 4. The zero-order valence-electron chi connectivity index (χ0n) is 24.4. The molecule has 0 aliphatic carbocycles. The first-order valence-corrected chi connectivity index (χ1v) is 15.2. The lowest BCUT2D eigenvalue weighted by Crippen LogP contribution is -2.54. The van der Waals surface area contributed by atoms with Gasteiger partial charge in [0, 0.05) is 25.7 Å². The number of likely N-dealkylation sites (tertiary alicyclic amines) is 1. The summed E-state index contributed by atoms with van der Waals surface area (Å²) in [4.78, 5) is 64.4. The summed E-state index contributed by atoms with van der Waals surface area (Å²) in [7, 11) is -4.71. The Morgan fingerprint density at radius 1 is 1.05 bits per heavy atom. The maximum absolute atomic E-state index is 13.1. The number of ether oxygens (including phenoxy) is 2. The molecule has 4 rings (SSSR count). The van der Waals surface area contributed by atoms with Crippen molar-refractivity contribution in [3.63, 3.8) is 0 Å². The van der Waals surface area contributed by atoms with Crippen LogP contribution in [0.2, 0.25) is 0 Å². The van der Waals surface area contributed by atoms with Crippen LogP contribution in [0.25, 0.3) is 0 Å². The number of hydrogen-bond donors (Lipinski definition) is 1. The zero-order valence-corrected chi connectivity index (χ0v) is 25.2. The summed E-state index contributed by atoms with van der Waals surface area (Å²) < 4.78 is 54.4. The van der Waals surface area contributed by atoms with E-state index in [1.807, 2.05) is 0 Å². The van der Waals surface area contributed by atoms with Crippen molar-refractivity contribution in [1.82, 2.24) is 20.2 Å². The van der Waals surface area contributed by atoms with E-state index in [1.165, 1.54) is 30.6 Å². The predicted octanol–water partition coefficient (Wildman–Crippen LogP) is 0.809. The molecule has 0 spiro atoms. The van der Waals surface area contributed by atoms with Gasteiger partial charge in [-0.25, -0.2) is 18.6 Å². The first-order valence-electron chi connectivity index (χ1n) is 13.9. The average molecular weight is 633 g/mol. The highest BCUT2D eigenvalue weighted by Crippen LogP contribution is 2.32. The Bertz CT molecular complexity index is 1380. The van der Waals surface area contributed by atoms with Gasteiger partial charge < -0.3 is 33.4 Å². The van der Waals surface area contributed by atoms with Gasteiger partial charge in [-0.15, -0.1) is 4.28 Å². The van der Waals surface area contributed by atoms with E-state index in [2.05, 4.69) is 5.32 Å². The summed E-state index contributed by atoms with van der Waals surface area (Å²) in [5, 5.41) is 3.62. The van der Waals surface area contributed by atoms with Crippen LogP contribution in [-0.2, 0) is 44.5 Å². The van der Waals surface area contributed by atoms with Crippen molar-refractivity contribution in [3.05, 3.63) is 22.1 Å². The summed E-state index contributed by atoms with van der Waals surface area (Å²) in [6.45, 7) is 6.03. The number of fused-ring (bicyclic) bond motifs is 2. The molecule has 1 aromatic rings. The molecular formula is C25H36N4O13S. The number of carbonyl (C=O) groups is 4. The second-order valence-corrected chi connectivity index (χ2v) is 12.3. The van der Waals surface area contributed by atoms with E-state index < -0.39 is 64.3 Å². The third-order valence-electron chi connectivity index (χ3n) is 7.45. The van der Waals surface area contributed by atoms with Crippen LogP contribution < -0.4 is 11.1 Å². The molecule has 0 radical (unpaired) electrons. The van der Waals surface area contributed by atoms with Gasteiger partial charge in [0.05, 0.1) is 24.7 Å². The summed E-state index contributed by atoms with van der Waals surface area (Å²) in [6, 6.07) is -2.49. The lowest BCUT2D eigenvalue weighted by molar-refractivity contribution is -0.155. The van der Waals surface area contributed by atoms with Gasteiger partial charge in [-0.1, -0.05) is 0 Å². The van der Waals surface area contributed by atoms with Crippen LogP contribution in [0, 0.1) is 12.3 Å². The SMILES string of the molecule is CCOC(=O)C(C)(C)COS(=O)(=O)ON1C(=O)N2C[C@H]1CC[C@H]2C(=O)NC1CCN(C(=O)OCc2oc(=O)oc2C)CC1. The fourth-order valence-electron chi connectivity index (χ4n) is 4.96. The van der Waals surface area contributed by atoms with Crippen LogP contribution in [-0.4, -0.2) is 98.3 Å².